The largest absolute Gasteiger partial charge is 0.258 e. The van der Waals surface area contributed by atoms with Crippen LogP contribution in [0.25, 0.3) is 0 Å². The number of aliphatic imine (C=N–C) groups is 2. The Kier molecular flexibility index (Phi) is 5.04. The summed E-state index contributed by atoms with van der Waals surface area (Å²) < 4.78 is 0. The highest BCUT2D eigenvalue weighted by atomic mass is 14.8. The second kappa shape index (κ2) is 6.98. The molecule has 2 aromatic carbocycles. The fourth-order valence-electron chi connectivity index (χ4n) is 2.13. The van der Waals surface area contributed by atoms with Crippen LogP contribution in [0.15, 0.2) is 58.5 Å². The molecule has 2 rings (SSSR count). The van der Waals surface area contributed by atoms with Gasteiger partial charge in [-0.15, -0.1) is 0 Å². The van der Waals surface area contributed by atoms with Crippen molar-refractivity contribution in [2.45, 2.75) is 34.1 Å². The van der Waals surface area contributed by atoms with Crippen molar-refractivity contribution in [1.29, 1.82) is 0 Å². The summed E-state index contributed by atoms with van der Waals surface area (Å²) in [4.78, 5) is 9.26. The highest BCUT2D eigenvalue weighted by Crippen LogP contribution is 2.15. The van der Waals surface area contributed by atoms with Gasteiger partial charge in [0.2, 0.25) is 0 Å². The number of rotatable bonds is 4. The lowest BCUT2D eigenvalue weighted by atomic mass is 10.2. The zero-order chi connectivity index (χ0) is 15.2. The van der Waals surface area contributed by atoms with Crippen LogP contribution in [-0.2, 0) is 0 Å². The predicted octanol–water partition coefficient (Wildman–Crippen LogP) is 5.58. The summed E-state index contributed by atoms with van der Waals surface area (Å²) in [5, 5.41) is 0. The van der Waals surface area contributed by atoms with E-state index in [0.717, 1.165) is 29.2 Å². The van der Waals surface area contributed by atoms with E-state index in [1.54, 1.807) is 0 Å². The lowest BCUT2D eigenvalue weighted by Gasteiger charge is -2.03. The Bertz CT molecular complexity index is 587. The smallest absolute Gasteiger partial charge is 0.0629 e. The molecule has 0 aliphatic heterocycles. The van der Waals surface area contributed by atoms with Crippen LogP contribution < -0.4 is 0 Å². The number of hydrogen-bond acceptors (Lipinski definition) is 2. The first-order valence-electron chi connectivity index (χ1n) is 7.24. The number of hydrogen-bond donors (Lipinski definition) is 0. The van der Waals surface area contributed by atoms with E-state index < -0.39 is 0 Å². The molecular formula is C19H22N2. The summed E-state index contributed by atoms with van der Waals surface area (Å²) >= 11 is 0. The molecule has 0 aliphatic carbocycles. The Morgan fingerprint density at radius 2 is 1.00 bits per heavy atom. The van der Waals surface area contributed by atoms with Crippen LogP contribution in [0.1, 0.15) is 31.4 Å². The number of benzene rings is 2. The first kappa shape index (κ1) is 15.2. The lowest BCUT2D eigenvalue weighted by molar-refractivity contribution is 1.35. The van der Waals surface area contributed by atoms with Gasteiger partial charge in [-0.2, -0.15) is 0 Å². The van der Waals surface area contributed by atoms with E-state index in [-0.39, 0.29) is 0 Å². The van der Waals surface area contributed by atoms with Crippen LogP contribution in [0.5, 0.6) is 0 Å². The van der Waals surface area contributed by atoms with Crippen molar-refractivity contribution in [2.75, 3.05) is 0 Å². The molecular weight excluding hydrogens is 256 g/mol. The SMILES string of the molecule is C/C(C/C(C)=N/c1ccc(C)cc1)=N\c1ccc(C)cc1. The number of nitrogens with zero attached hydrogens (tertiary/aromatic N) is 2. The van der Waals surface area contributed by atoms with E-state index in [1.165, 1.54) is 11.1 Å². The van der Waals surface area contributed by atoms with E-state index in [4.69, 9.17) is 0 Å². The molecule has 0 saturated heterocycles. The summed E-state index contributed by atoms with van der Waals surface area (Å²) in [6, 6.07) is 16.5. The van der Waals surface area contributed by atoms with Gasteiger partial charge >= 0.3 is 0 Å². The van der Waals surface area contributed by atoms with Crippen LogP contribution in [0.2, 0.25) is 0 Å². The fraction of sp³-hybridized carbons (Fsp3) is 0.263. The van der Waals surface area contributed by atoms with Crippen LogP contribution in [0.4, 0.5) is 11.4 Å². The van der Waals surface area contributed by atoms with Crippen molar-refractivity contribution in [3.05, 3.63) is 59.7 Å². The molecule has 0 bridgehead atoms. The average Bonchev–Trinajstić information content (AvgIpc) is 2.44. The molecule has 0 saturated carbocycles. The molecule has 0 amide bonds. The quantitative estimate of drug-likeness (QED) is 0.652. The summed E-state index contributed by atoms with van der Waals surface area (Å²) in [6.07, 6.45) is 0.793. The summed E-state index contributed by atoms with van der Waals surface area (Å²) in [7, 11) is 0. The Labute approximate surface area is 127 Å². The highest BCUT2D eigenvalue weighted by Gasteiger charge is 1.98. The maximum atomic E-state index is 4.63. The third-order valence-electron chi connectivity index (χ3n) is 3.22. The van der Waals surface area contributed by atoms with E-state index in [1.807, 2.05) is 38.1 Å². The average molecular weight is 278 g/mol. The van der Waals surface area contributed by atoms with Gasteiger partial charge in [0.15, 0.2) is 0 Å². The monoisotopic (exact) mass is 278 g/mol. The van der Waals surface area contributed by atoms with Gasteiger partial charge in [0.05, 0.1) is 11.4 Å². The Hall–Kier alpha value is -2.22. The second-order valence-corrected chi connectivity index (χ2v) is 5.54. The first-order chi connectivity index (χ1) is 10.0. The number of aryl methyl sites for hydroxylation is 2. The topological polar surface area (TPSA) is 24.7 Å². The molecule has 0 spiro atoms. The first-order valence-corrected chi connectivity index (χ1v) is 7.24. The molecule has 21 heavy (non-hydrogen) atoms. The Morgan fingerprint density at radius 3 is 1.33 bits per heavy atom. The van der Waals surface area contributed by atoms with Gasteiger partial charge in [-0.3, -0.25) is 9.98 Å². The molecule has 0 radical (unpaired) electrons. The zero-order valence-corrected chi connectivity index (χ0v) is 13.2. The van der Waals surface area contributed by atoms with Gasteiger partial charge in [-0.1, -0.05) is 35.4 Å². The van der Waals surface area contributed by atoms with Crippen LogP contribution in [0.3, 0.4) is 0 Å². The molecule has 2 aromatic rings. The molecule has 0 aliphatic rings. The minimum Gasteiger partial charge on any atom is -0.258 e. The van der Waals surface area contributed by atoms with Crippen LogP contribution in [0, 0.1) is 13.8 Å². The van der Waals surface area contributed by atoms with Gasteiger partial charge < -0.3 is 0 Å². The zero-order valence-electron chi connectivity index (χ0n) is 13.2. The molecule has 2 nitrogen and oxygen atoms in total. The van der Waals surface area contributed by atoms with E-state index in [2.05, 4.69) is 48.1 Å². The Balaban J connectivity index is 2.05. The van der Waals surface area contributed by atoms with E-state index in [9.17, 15) is 0 Å². The van der Waals surface area contributed by atoms with Crippen LogP contribution >= 0.6 is 0 Å². The predicted molar refractivity (Wildman–Crippen MR) is 92.5 cm³/mol. The summed E-state index contributed by atoms with van der Waals surface area (Å²) in [5.74, 6) is 0. The van der Waals surface area contributed by atoms with Crippen molar-refractivity contribution in [2.24, 2.45) is 9.98 Å². The van der Waals surface area contributed by atoms with Gasteiger partial charge in [0.1, 0.15) is 0 Å². The third-order valence-corrected chi connectivity index (χ3v) is 3.22. The van der Waals surface area contributed by atoms with E-state index >= 15 is 0 Å². The maximum Gasteiger partial charge on any atom is 0.0629 e. The van der Waals surface area contributed by atoms with Gasteiger partial charge in [0.25, 0.3) is 0 Å². The van der Waals surface area contributed by atoms with E-state index in [0.29, 0.717) is 0 Å². The molecule has 0 fully saturated rings. The fourth-order valence-corrected chi connectivity index (χ4v) is 2.13. The normalized spacial score (nSPS) is 12.6. The summed E-state index contributed by atoms with van der Waals surface area (Å²) in [6.45, 7) is 8.26. The van der Waals surface area contributed by atoms with Crippen molar-refractivity contribution in [3.8, 4) is 0 Å². The van der Waals surface area contributed by atoms with Crippen molar-refractivity contribution in [3.63, 3.8) is 0 Å². The van der Waals surface area contributed by atoms with Crippen molar-refractivity contribution in [1.82, 2.24) is 0 Å². The third kappa shape index (κ3) is 4.99. The molecule has 0 aromatic heterocycles. The standard InChI is InChI=1S/C19H22N2/c1-14-5-9-18(10-6-14)20-16(3)13-17(4)21-19-11-7-15(2)8-12-19/h5-12H,13H2,1-4H3/b20-16+,21-17+. The minimum atomic E-state index is 0.793. The minimum absolute atomic E-state index is 0.793. The molecule has 108 valence electrons. The maximum absolute atomic E-state index is 4.63. The second-order valence-electron chi connectivity index (χ2n) is 5.54. The van der Waals surface area contributed by atoms with Gasteiger partial charge in [-0.05, 0) is 52.0 Å². The molecule has 0 heterocycles. The van der Waals surface area contributed by atoms with Crippen LogP contribution in [-0.4, -0.2) is 11.4 Å². The van der Waals surface area contributed by atoms with Gasteiger partial charge in [-0.25, -0.2) is 0 Å². The molecule has 2 heteroatoms. The molecule has 0 N–H and O–H groups in total. The van der Waals surface area contributed by atoms with Crippen molar-refractivity contribution < 1.29 is 0 Å². The Morgan fingerprint density at radius 1 is 0.667 bits per heavy atom. The molecule has 0 atom stereocenters. The lowest BCUT2D eigenvalue weighted by Crippen LogP contribution is -2.00. The van der Waals surface area contributed by atoms with Crippen molar-refractivity contribution >= 4 is 22.8 Å². The van der Waals surface area contributed by atoms with Gasteiger partial charge in [0, 0.05) is 17.8 Å². The highest BCUT2D eigenvalue weighted by molar-refractivity contribution is 6.04. The summed E-state index contributed by atoms with van der Waals surface area (Å²) in [5.41, 5.74) is 6.66. The molecule has 0 unspecified atom stereocenters.